The molecule has 2 N–H and O–H groups in total. The Labute approximate surface area is 89.4 Å². The second-order valence-corrected chi connectivity index (χ2v) is 5.23. The van der Waals surface area contributed by atoms with Crippen molar-refractivity contribution in [3.8, 4) is 0 Å². The van der Waals surface area contributed by atoms with E-state index in [1.807, 2.05) is 6.92 Å². The van der Waals surface area contributed by atoms with E-state index in [9.17, 15) is 13.2 Å². The molecule has 7 heteroatoms. The summed E-state index contributed by atoms with van der Waals surface area (Å²) in [4.78, 5) is 10.8. The molecule has 1 aliphatic heterocycles. The lowest BCUT2D eigenvalue weighted by molar-refractivity contribution is -0.140. The van der Waals surface area contributed by atoms with Crippen LogP contribution in [0.1, 0.15) is 26.2 Å². The van der Waals surface area contributed by atoms with Gasteiger partial charge in [0.25, 0.3) is 10.2 Å². The summed E-state index contributed by atoms with van der Waals surface area (Å²) < 4.78 is 26.1. The Morgan fingerprint density at radius 3 is 2.73 bits per heavy atom. The molecule has 0 aromatic carbocycles. The Morgan fingerprint density at radius 1 is 1.53 bits per heavy atom. The van der Waals surface area contributed by atoms with E-state index < -0.39 is 22.2 Å². The van der Waals surface area contributed by atoms with E-state index in [1.165, 1.54) is 0 Å². The highest BCUT2D eigenvalue weighted by atomic mass is 32.2. The Morgan fingerprint density at radius 2 is 2.20 bits per heavy atom. The molecule has 1 rings (SSSR count). The summed E-state index contributed by atoms with van der Waals surface area (Å²) >= 11 is 0. The average molecular weight is 236 g/mol. The number of rotatable bonds is 5. The predicted octanol–water partition coefficient (Wildman–Crippen LogP) is -0.220. The van der Waals surface area contributed by atoms with E-state index in [4.69, 9.17) is 5.11 Å². The normalized spacial score (nSPS) is 25.5. The summed E-state index contributed by atoms with van der Waals surface area (Å²) in [6.45, 7) is 2.25. The van der Waals surface area contributed by atoms with Gasteiger partial charge in [-0.25, -0.2) is 0 Å². The first-order chi connectivity index (χ1) is 6.99. The Bertz CT molecular complexity index is 328. The van der Waals surface area contributed by atoms with Crippen LogP contribution in [-0.2, 0) is 15.0 Å². The van der Waals surface area contributed by atoms with Gasteiger partial charge in [0.2, 0.25) is 0 Å². The fourth-order valence-electron chi connectivity index (χ4n) is 1.54. The number of carbonyl (C=O) groups is 1. The number of nitrogens with one attached hydrogen (secondary N) is 1. The van der Waals surface area contributed by atoms with Crippen LogP contribution in [0.15, 0.2) is 0 Å². The molecule has 0 bridgehead atoms. The third-order valence-electron chi connectivity index (χ3n) is 2.38. The van der Waals surface area contributed by atoms with E-state index in [2.05, 4.69) is 4.72 Å². The van der Waals surface area contributed by atoms with E-state index in [1.54, 1.807) is 0 Å². The minimum Gasteiger partial charge on any atom is -0.480 e. The summed E-state index contributed by atoms with van der Waals surface area (Å²) in [6.07, 6.45) is 2.57. The van der Waals surface area contributed by atoms with E-state index in [-0.39, 0.29) is 13.1 Å². The first kappa shape index (κ1) is 12.4. The molecule has 1 aliphatic rings. The summed E-state index contributed by atoms with van der Waals surface area (Å²) in [7, 11) is -3.56. The molecule has 1 saturated heterocycles. The third kappa shape index (κ3) is 2.90. The zero-order valence-electron chi connectivity index (χ0n) is 8.64. The van der Waals surface area contributed by atoms with Gasteiger partial charge in [-0.2, -0.15) is 17.4 Å². The van der Waals surface area contributed by atoms with Crippen molar-refractivity contribution in [1.82, 2.24) is 9.03 Å². The predicted molar refractivity (Wildman–Crippen MR) is 54.6 cm³/mol. The van der Waals surface area contributed by atoms with Gasteiger partial charge in [-0.05, 0) is 6.42 Å². The SMILES string of the molecule is CCCCCN1C(C(=O)O)CNS1(=O)=O. The Kier molecular flexibility index (Phi) is 4.06. The number of unbranched alkanes of at least 4 members (excludes halogenated alkanes) is 2. The average Bonchev–Trinajstić information content (AvgIpc) is 2.43. The fraction of sp³-hybridized carbons (Fsp3) is 0.875. The molecule has 1 heterocycles. The molecule has 0 amide bonds. The molecule has 0 aromatic rings. The van der Waals surface area contributed by atoms with Gasteiger partial charge < -0.3 is 5.11 Å². The van der Waals surface area contributed by atoms with Gasteiger partial charge in [0, 0.05) is 13.1 Å². The van der Waals surface area contributed by atoms with E-state index in [0.29, 0.717) is 6.42 Å². The number of nitrogens with zero attached hydrogens (tertiary/aromatic N) is 1. The van der Waals surface area contributed by atoms with Crippen molar-refractivity contribution < 1.29 is 18.3 Å². The van der Waals surface area contributed by atoms with E-state index >= 15 is 0 Å². The minimum absolute atomic E-state index is 0.0379. The van der Waals surface area contributed by atoms with Crippen LogP contribution in [0.25, 0.3) is 0 Å². The van der Waals surface area contributed by atoms with Crippen LogP contribution in [0.2, 0.25) is 0 Å². The number of carboxylic acid groups (broad SMARTS) is 1. The van der Waals surface area contributed by atoms with Gasteiger partial charge in [0.15, 0.2) is 0 Å². The zero-order valence-corrected chi connectivity index (χ0v) is 9.46. The van der Waals surface area contributed by atoms with Gasteiger partial charge in [0.1, 0.15) is 6.04 Å². The molecule has 0 radical (unpaired) electrons. The molecular formula is C8H16N2O4S. The molecule has 88 valence electrons. The van der Waals surface area contributed by atoms with Crippen LogP contribution in [0.5, 0.6) is 0 Å². The summed E-state index contributed by atoms with van der Waals surface area (Å²) in [6, 6.07) is -0.952. The first-order valence-corrected chi connectivity index (χ1v) is 6.42. The highest BCUT2D eigenvalue weighted by Gasteiger charge is 2.40. The van der Waals surface area contributed by atoms with Crippen molar-refractivity contribution in [1.29, 1.82) is 0 Å². The van der Waals surface area contributed by atoms with Crippen molar-refractivity contribution in [2.75, 3.05) is 13.1 Å². The van der Waals surface area contributed by atoms with Crippen molar-refractivity contribution in [2.45, 2.75) is 32.2 Å². The number of hydrogen-bond acceptors (Lipinski definition) is 3. The molecule has 0 aliphatic carbocycles. The van der Waals surface area contributed by atoms with Gasteiger partial charge in [-0.1, -0.05) is 19.8 Å². The van der Waals surface area contributed by atoms with Crippen LogP contribution in [0.3, 0.4) is 0 Å². The fourth-order valence-corrected chi connectivity index (χ4v) is 2.94. The van der Waals surface area contributed by atoms with Crippen molar-refractivity contribution in [3.63, 3.8) is 0 Å². The summed E-state index contributed by atoms with van der Waals surface area (Å²) in [5.41, 5.74) is 0. The van der Waals surface area contributed by atoms with Gasteiger partial charge in [0.05, 0.1) is 0 Å². The summed E-state index contributed by atoms with van der Waals surface area (Å²) in [5, 5.41) is 8.83. The number of aliphatic carboxylic acids is 1. The quantitative estimate of drug-likeness (QED) is 0.646. The third-order valence-corrected chi connectivity index (χ3v) is 3.97. The second kappa shape index (κ2) is 4.91. The maximum atomic E-state index is 11.4. The van der Waals surface area contributed by atoms with Gasteiger partial charge in [-0.3, -0.25) is 4.79 Å². The molecule has 1 fully saturated rings. The number of carboxylic acids is 1. The van der Waals surface area contributed by atoms with Crippen molar-refractivity contribution in [3.05, 3.63) is 0 Å². The lowest BCUT2D eigenvalue weighted by atomic mass is 10.2. The molecule has 0 aromatic heterocycles. The molecule has 0 spiro atoms. The largest absolute Gasteiger partial charge is 0.480 e. The first-order valence-electron chi connectivity index (χ1n) is 4.98. The monoisotopic (exact) mass is 236 g/mol. The van der Waals surface area contributed by atoms with E-state index in [0.717, 1.165) is 17.1 Å². The molecule has 0 saturated carbocycles. The second-order valence-electron chi connectivity index (χ2n) is 3.53. The van der Waals surface area contributed by atoms with Crippen LogP contribution < -0.4 is 4.72 Å². The van der Waals surface area contributed by atoms with Gasteiger partial charge in [-0.15, -0.1) is 0 Å². The maximum absolute atomic E-state index is 11.4. The topological polar surface area (TPSA) is 86.7 Å². The molecule has 1 atom stereocenters. The highest BCUT2D eigenvalue weighted by Crippen LogP contribution is 2.14. The maximum Gasteiger partial charge on any atom is 0.323 e. The molecule has 6 nitrogen and oxygen atoms in total. The van der Waals surface area contributed by atoms with Crippen LogP contribution in [-0.4, -0.2) is 42.9 Å². The molecule has 15 heavy (non-hydrogen) atoms. The standard InChI is InChI=1S/C8H16N2O4S/c1-2-3-4-5-10-7(8(11)12)6-9-15(10,13)14/h7,9H,2-6H2,1H3,(H,11,12). The van der Waals surface area contributed by atoms with Crippen molar-refractivity contribution >= 4 is 16.2 Å². The highest BCUT2D eigenvalue weighted by molar-refractivity contribution is 7.87. The minimum atomic E-state index is -3.56. The van der Waals surface area contributed by atoms with Crippen LogP contribution in [0, 0.1) is 0 Å². The lowest BCUT2D eigenvalue weighted by Crippen LogP contribution is -2.40. The molecular weight excluding hydrogens is 220 g/mol. The Hall–Kier alpha value is -0.660. The smallest absolute Gasteiger partial charge is 0.323 e. The van der Waals surface area contributed by atoms with Crippen LogP contribution in [0.4, 0.5) is 0 Å². The van der Waals surface area contributed by atoms with Crippen LogP contribution >= 0.6 is 0 Å². The lowest BCUT2D eigenvalue weighted by Gasteiger charge is -2.17. The number of hydrogen-bond donors (Lipinski definition) is 2. The Balaban J connectivity index is 2.65. The molecule has 1 unspecified atom stereocenters. The zero-order chi connectivity index (χ0) is 11.5. The summed E-state index contributed by atoms with van der Waals surface area (Å²) in [5.74, 6) is -1.10. The van der Waals surface area contributed by atoms with Gasteiger partial charge >= 0.3 is 5.97 Å². The van der Waals surface area contributed by atoms with Crippen molar-refractivity contribution in [2.24, 2.45) is 0 Å².